The smallest absolute Gasteiger partial charge is 0.0898 e. The van der Waals surface area contributed by atoms with Gasteiger partial charge in [-0.05, 0) is 31.8 Å². The van der Waals surface area contributed by atoms with Crippen LogP contribution in [0.1, 0.15) is 32.4 Å². The number of aromatic nitrogens is 3. The molecule has 1 atom stereocenters. The van der Waals surface area contributed by atoms with Crippen molar-refractivity contribution in [3.05, 3.63) is 11.9 Å². The summed E-state index contributed by atoms with van der Waals surface area (Å²) < 4.78 is 7.87. The van der Waals surface area contributed by atoms with Gasteiger partial charge in [0.15, 0.2) is 0 Å². The molecule has 0 amide bonds. The van der Waals surface area contributed by atoms with Gasteiger partial charge in [0.05, 0.1) is 24.9 Å². The molecule has 142 valence electrons. The van der Waals surface area contributed by atoms with Crippen molar-refractivity contribution >= 4 is 0 Å². The van der Waals surface area contributed by atoms with E-state index in [1.807, 2.05) is 4.68 Å². The minimum atomic E-state index is 0.214. The van der Waals surface area contributed by atoms with Crippen LogP contribution < -0.4 is 5.73 Å². The molecule has 2 saturated heterocycles. The molecule has 0 spiro atoms. The Balaban J connectivity index is 1.42. The summed E-state index contributed by atoms with van der Waals surface area (Å²) >= 11 is 0. The molecule has 3 heterocycles. The van der Waals surface area contributed by atoms with Crippen LogP contribution in [0.15, 0.2) is 6.20 Å². The largest absolute Gasteiger partial charge is 0.374 e. The highest BCUT2D eigenvalue weighted by Gasteiger charge is 2.22. The zero-order valence-corrected chi connectivity index (χ0v) is 15.8. The van der Waals surface area contributed by atoms with Crippen LogP contribution in [-0.4, -0.2) is 82.8 Å². The number of rotatable bonds is 7. The Labute approximate surface area is 151 Å². The number of nitrogens with two attached hydrogens (primary N) is 1. The first-order valence-corrected chi connectivity index (χ1v) is 9.79. The van der Waals surface area contributed by atoms with Crippen LogP contribution in [0.4, 0.5) is 0 Å². The summed E-state index contributed by atoms with van der Waals surface area (Å²) in [5, 5.41) is 8.64. The average molecular weight is 351 g/mol. The molecule has 0 aromatic carbocycles. The molecule has 0 saturated carbocycles. The molecule has 0 bridgehead atoms. The van der Waals surface area contributed by atoms with E-state index in [2.05, 4.69) is 40.2 Å². The second-order valence-electron chi connectivity index (χ2n) is 8.01. The number of hydrogen-bond donors (Lipinski definition) is 1. The van der Waals surface area contributed by atoms with Gasteiger partial charge in [0, 0.05) is 44.8 Å². The van der Waals surface area contributed by atoms with Crippen LogP contribution in [0.5, 0.6) is 0 Å². The molecule has 7 nitrogen and oxygen atoms in total. The highest BCUT2D eigenvalue weighted by molar-refractivity contribution is 4.94. The minimum Gasteiger partial charge on any atom is -0.374 e. The van der Waals surface area contributed by atoms with Crippen molar-refractivity contribution in [1.29, 1.82) is 0 Å². The first kappa shape index (κ1) is 18.8. The Morgan fingerprint density at radius 3 is 2.80 bits per heavy atom. The van der Waals surface area contributed by atoms with Crippen LogP contribution in [0, 0.1) is 5.92 Å². The highest BCUT2D eigenvalue weighted by Crippen LogP contribution is 2.11. The van der Waals surface area contributed by atoms with Crippen molar-refractivity contribution < 1.29 is 4.74 Å². The Hall–Kier alpha value is -1.02. The monoisotopic (exact) mass is 350 g/mol. The van der Waals surface area contributed by atoms with Gasteiger partial charge < -0.3 is 15.4 Å². The molecule has 7 heteroatoms. The molecule has 2 fully saturated rings. The topological polar surface area (TPSA) is 72.4 Å². The predicted octanol–water partition coefficient (Wildman–Crippen LogP) is 0.601. The van der Waals surface area contributed by atoms with Gasteiger partial charge >= 0.3 is 0 Å². The molecule has 1 unspecified atom stereocenters. The summed E-state index contributed by atoms with van der Waals surface area (Å²) in [6.07, 6.45) is 5.48. The van der Waals surface area contributed by atoms with Crippen LogP contribution in [0.2, 0.25) is 0 Å². The zero-order valence-electron chi connectivity index (χ0n) is 15.8. The maximum Gasteiger partial charge on any atom is 0.0898 e. The van der Waals surface area contributed by atoms with E-state index >= 15 is 0 Å². The van der Waals surface area contributed by atoms with Crippen molar-refractivity contribution in [3.63, 3.8) is 0 Å². The zero-order chi connectivity index (χ0) is 17.6. The van der Waals surface area contributed by atoms with E-state index in [4.69, 9.17) is 10.5 Å². The molecule has 0 aliphatic carbocycles. The fourth-order valence-corrected chi connectivity index (χ4v) is 3.77. The van der Waals surface area contributed by atoms with E-state index in [-0.39, 0.29) is 6.10 Å². The molecule has 0 radical (unpaired) electrons. The van der Waals surface area contributed by atoms with Crippen molar-refractivity contribution in [2.45, 2.75) is 51.8 Å². The summed E-state index contributed by atoms with van der Waals surface area (Å²) in [5.41, 5.74) is 7.04. The van der Waals surface area contributed by atoms with Gasteiger partial charge in [-0.1, -0.05) is 19.1 Å². The molecule has 2 aliphatic rings. The van der Waals surface area contributed by atoms with Crippen LogP contribution >= 0.6 is 0 Å². The van der Waals surface area contributed by atoms with E-state index in [0.717, 1.165) is 77.4 Å². The Kier molecular flexibility index (Phi) is 6.81. The lowest BCUT2D eigenvalue weighted by Crippen LogP contribution is -2.45. The summed E-state index contributed by atoms with van der Waals surface area (Å²) in [5.74, 6) is 0.695. The lowest BCUT2D eigenvalue weighted by molar-refractivity contribution is -0.0406. The maximum absolute atomic E-state index is 5.97. The summed E-state index contributed by atoms with van der Waals surface area (Å²) in [6.45, 7) is 12.6. The van der Waals surface area contributed by atoms with Crippen LogP contribution in [0.3, 0.4) is 0 Å². The standard InChI is InChI=1S/C18H34N6O/c1-15(2)11-23-9-10-25-18(13-23)14-24-12-17(20-21-24)5-8-22-6-3-16(19)4-7-22/h12,15-16,18H,3-11,13-14,19H2,1-2H3. The normalized spacial score (nSPS) is 24.2. The van der Waals surface area contributed by atoms with Crippen molar-refractivity contribution in [2.24, 2.45) is 11.7 Å². The first-order valence-electron chi connectivity index (χ1n) is 9.79. The van der Waals surface area contributed by atoms with Crippen molar-refractivity contribution in [3.8, 4) is 0 Å². The van der Waals surface area contributed by atoms with Gasteiger partial charge in [-0.25, -0.2) is 4.68 Å². The van der Waals surface area contributed by atoms with Crippen molar-refractivity contribution in [2.75, 3.05) is 45.9 Å². The molecule has 2 N–H and O–H groups in total. The summed E-state index contributed by atoms with van der Waals surface area (Å²) in [7, 11) is 0. The molecular formula is C18H34N6O. The number of piperidine rings is 1. The maximum atomic E-state index is 5.97. The predicted molar refractivity (Wildman–Crippen MR) is 98.4 cm³/mol. The summed E-state index contributed by atoms with van der Waals surface area (Å²) in [4.78, 5) is 4.98. The van der Waals surface area contributed by atoms with E-state index in [1.54, 1.807) is 0 Å². The van der Waals surface area contributed by atoms with Crippen molar-refractivity contribution in [1.82, 2.24) is 24.8 Å². The van der Waals surface area contributed by atoms with Gasteiger partial charge in [-0.3, -0.25) is 4.90 Å². The molecular weight excluding hydrogens is 316 g/mol. The number of morpholine rings is 1. The van der Waals surface area contributed by atoms with Gasteiger partial charge in [-0.15, -0.1) is 5.10 Å². The second kappa shape index (κ2) is 9.07. The SMILES string of the molecule is CC(C)CN1CCOC(Cn2cc(CCN3CCC(N)CC3)nn2)C1. The second-order valence-corrected chi connectivity index (χ2v) is 8.01. The van der Waals surface area contributed by atoms with Crippen LogP contribution in [-0.2, 0) is 17.7 Å². The Morgan fingerprint density at radius 2 is 2.04 bits per heavy atom. The number of ether oxygens (including phenoxy) is 1. The lowest BCUT2D eigenvalue weighted by atomic mass is 10.1. The van der Waals surface area contributed by atoms with Gasteiger partial charge in [-0.2, -0.15) is 0 Å². The van der Waals surface area contributed by atoms with Gasteiger partial charge in [0.2, 0.25) is 0 Å². The third-order valence-electron chi connectivity index (χ3n) is 5.14. The Bertz CT molecular complexity index is 511. The lowest BCUT2D eigenvalue weighted by Gasteiger charge is -2.33. The van der Waals surface area contributed by atoms with E-state index in [1.165, 1.54) is 0 Å². The van der Waals surface area contributed by atoms with E-state index < -0.39 is 0 Å². The molecule has 2 aliphatic heterocycles. The third kappa shape index (κ3) is 6.02. The molecule has 1 aromatic heterocycles. The first-order chi connectivity index (χ1) is 12.1. The number of nitrogens with zero attached hydrogens (tertiary/aromatic N) is 5. The molecule has 1 aromatic rings. The number of hydrogen-bond acceptors (Lipinski definition) is 6. The van der Waals surface area contributed by atoms with E-state index in [9.17, 15) is 0 Å². The van der Waals surface area contributed by atoms with Gasteiger partial charge in [0.1, 0.15) is 0 Å². The van der Waals surface area contributed by atoms with E-state index in [0.29, 0.717) is 12.0 Å². The highest BCUT2D eigenvalue weighted by atomic mass is 16.5. The quantitative estimate of drug-likeness (QED) is 0.776. The average Bonchev–Trinajstić information content (AvgIpc) is 3.01. The fourth-order valence-electron chi connectivity index (χ4n) is 3.77. The number of likely N-dealkylation sites (tertiary alicyclic amines) is 1. The fraction of sp³-hybridized carbons (Fsp3) is 0.889. The molecule has 3 rings (SSSR count). The minimum absolute atomic E-state index is 0.214. The Morgan fingerprint density at radius 1 is 1.24 bits per heavy atom. The molecule has 25 heavy (non-hydrogen) atoms. The third-order valence-corrected chi connectivity index (χ3v) is 5.14. The summed E-state index contributed by atoms with van der Waals surface area (Å²) in [6, 6.07) is 0.392. The van der Waals surface area contributed by atoms with Crippen LogP contribution in [0.25, 0.3) is 0 Å². The van der Waals surface area contributed by atoms with Gasteiger partial charge in [0.25, 0.3) is 0 Å².